The number of aromatic amines is 1. The molecular formula is C22H23FN6O. The zero-order valence-electron chi connectivity index (χ0n) is 17.0. The van der Waals surface area contributed by atoms with Gasteiger partial charge in [-0.05, 0) is 44.5 Å². The van der Waals surface area contributed by atoms with Crippen molar-refractivity contribution in [3.63, 3.8) is 0 Å². The van der Waals surface area contributed by atoms with E-state index in [0.717, 1.165) is 30.3 Å². The highest BCUT2D eigenvalue weighted by Crippen LogP contribution is 2.36. The van der Waals surface area contributed by atoms with E-state index in [-0.39, 0.29) is 17.5 Å². The number of rotatable bonds is 3. The maximum Gasteiger partial charge on any atom is 0.254 e. The van der Waals surface area contributed by atoms with E-state index in [1.807, 2.05) is 24.8 Å². The Labute approximate surface area is 174 Å². The molecule has 0 spiro atoms. The molecule has 1 amide bonds. The summed E-state index contributed by atoms with van der Waals surface area (Å²) in [6.45, 7) is 6.09. The van der Waals surface area contributed by atoms with Crippen LogP contribution < -0.4 is 4.90 Å². The van der Waals surface area contributed by atoms with Gasteiger partial charge in [-0.1, -0.05) is 6.07 Å². The van der Waals surface area contributed by atoms with Crippen LogP contribution in [0.3, 0.4) is 0 Å². The van der Waals surface area contributed by atoms with Crippen molar-refractivity contribution in [1.82, 2.24) is 25.1 Å². The van der Waals surface area contributed by atoms with Gasteiger partial charge < -0.3 is 9.80 Å². The summed E-state index contributed by atoms with van der Waals surface area (Å²) in [5.41, 5.74) is 3.00. The summed E-state index contributed by atoms with van der Waals surface area (Å²) in [6.07, 6.45) is 2.48. The van der Waals surface area contributed by atoms with Crippen molar-refractivity contribution in [2.24, 2.45) is 5.92 Å². The van der Waals surface area contributed by atoms with Gasteiger partial charge in [0, 0.05) is 48.7 Å². The first-order valence-corrected chi connectivity index (χ1v) is 10.2. The van der Waals surface area contributed by atoms with Crippen LogP contribution in [0.25, 0.3) is 11.3 Å². The number of benzene rings is 1. The Morgan fingerprint density at radius 3 is 2.70 bits per heavy atom. The van der Waals surface area contributed by atoms with E-state index in [4.69, 9.17) is 0 Å². The fourth-order valence-corrected chi connectivity index (χ4v) is 4.59. The number of nitrogens with zero attached hydrogens (tertiary/aromatic N) is 5. The van der Waals surface area contributed by atoms with Crippen LogP contribution in [0.15, 0.2) is 36.5 Å². The third kappa shape index (κ3) is 3.12. The Hall–Kier alpha value is -3.29. The second kappa shape index (κ2) is 7.19. The average molecular weight is 406 g/mol. The topological polar surface area (TPSA) is 78.0 Å². The normalized spacial score (nSPS) is 20.6. The molecule has 7 nitrogen and oxygen atoms in total. The summed E-state index contributed by atoms with van der Waals surface area (Å²) in [7, 11) is 0. The van der Waals surface area contributed by atoms with Crippen LogP contribution in [-0.2, 0) is 0 Å². The number of hydrogen-bond acceptors (Lipinski definition) is 5. The number of H-pyrrole nitrogens is 1. The van der Waals surface area contributed by atoms with E-state index in [0.29, 0.717) is 30.3 Å². The molecule has 2 saturated heterocycles. The predicted octanol–water partition coefficient (Wildman–Crippen LogP) is 2.97. The second-order valence-corrected chi connectivity index (χ2v) is 8.10. The Balaban J connectivity index is 1.40. The molecule has 8 heteroatoms. The molecule has 1 N–H and O–H groups in total. The number of carbonyl (C=O) groups excluding carboxylic acids is 1. The van der Waals surface area contributed by atoms with Gasteiger partial charge in [0.15, 0.2) is 0 Å². The Morgan fingerprint density at radius 1 is 1.17 bits per heavy atom. The van der Waals surface area contributed by atoms with Gasteiger partial charge in [-0.25, -0.2) is 14.4 Å². The third-order valence-electron chi connectivity index (χ3n) is 6.08. The van der Waals surface area contributed by atoms with E-state index >= 15 is 0 Å². The van der Waals surface area contributed by atoms with Crippen molar-refractivity contribution < 1.29 is 9.18 Å². The molecule has 0 aliphatic carbocycles. The standard InChI is InChI=1S/C22H23FN6O/c1-13-10-14(2)26-22(25-13)29-11-15-7-9-28(12-19(15)29)21(30)16-4-3-5-17(23)20(16)18-6-8-24-27-18/h3-6,8,10,15,19H,7,9,11-12H2,1-2H3,(H,24,27). The summed E-state index contributed by atoms with van der Waals surface area (Å²) in [6, 6.07) is 8.44. The van der Waals surface area contributed by atoms with Crippen LogP contribution in [0.5, 0.6) is 0 Å². The van der Waals surface area contributed by atoms with Gasteiger partial charge in [0.2, 0.25) is 5.95 Å². The molecular weight excluding hydrogens is 383 g/mol. The van der Waals surface area contributed by atoms with Crippen LogP contribution in [0, 0.1) is 25.6 Å². The maximum atomic E-state index is 14.6. The quantitative estimate of drug-likeness (QED) is 0.724. The summed E-state index contributed by atoms with van der Waals surface area (Å²) >= 11 is 0. The lowest BCUT2D eigenvalue weighted by Crippen LogP contribution is -2.65. The fourth-order valence-electron chi connectivity index (χ4n) is 4.59. The van der Waals surface area contributed by atoms with Gasteiger partial charge in [0.05, 0.1) is 17.3 Å². The lowest BCUT2D eigenvalue weighted by atomic mass is 9.82. The van der Waals surface area contributed by atoms with Crippen molar-refractivity contribution in [2.75, 3.05) is 24.5 Å². The molecule has 0 bridgehead atoms. The Bertz CT molecular complexity index is 1080. The van der Waals surface area contributed by atoms with Gasteiger partial charge in [-0.2, -0.15) is 5.10 Å². The number of amides is 1. The summed E-state index contributed by atoms with van der Waals surface area (Å²) in [5, 5.41) is 6.68. The molecule has 5 rings (SSSR count). The zero-order valence-corrected chi connectivity index (χ0v) is 17.0. The van der Waals surface area contributed by atoms with Gasteiger partial charge in [-0.3, -0.25) is 9.89 Å². The minimum Gasteiger partial charge on any atom is -0.337 e. The summed E-state index contributed by atoms with van der Waals surface area (Å²) in [4.78, 5) is 26.6. The van der Waals surface area contributed by atoms with Gasteiger partial charge in [0.25, 0.3) is 5.91 Å². The fraction of sp³-hybridized carbons (Fsp3) is 0.364. The van der Waals surface area contributed by atoms with Crippen molar-refractivity contribution in [1.29, 1.82) is 0 Å². The van der Waals surface area contributed by atoms with Crippen LogP contribution in [-0.4, -0.2) is 56.6 Å². The Morgan fingerprint density at radius 2 is 1.97 bits per heavy atom. The predicted molar refractivity (Wildman–Crippen MR) is 111 cm³/mol. The molecule has 0 saturated carbocycles. The minimum atomic E-state index is -0.436. The summed E-state index contributed by atoms with van der Waals surface area (Å²) < 4.78 is 14.6. The first-order chi connectivity index (χ1) is 14.5. The molecule has 2 fully saturated rings. The lowest BCUT2D eigenvalue weighted by molar-refractivity contribution is 0.0589. The number of anilines is 1. The highest BCUT2D eigenvalue weighted by atomic mass is 19.1. The number of fused-ring (bicyclic) bond motifs is 1. The Kier molecular flexibility index (Phi) is 4.49. The number of aromatic nitrogens is 4. The van der Waals surface area contributed by atoms with Crippen LogP contribution in [0.4, 0.5) is 10.3 Å². The van der Waals surface area contributed by atoms with Crippen molar-refractivity contribution >= 4 is 11.9 Å². The number of likely N-dealkylation sites (tertiary alicyclic amines) is 1. The van der Waals surface area contributed by atoms with E-state index in [1.54, 1.807) is 24.4 Å². The SMILES string of the molecule is Cc1cc(C)nc(N2CC3CCN(C(=O)c4cccc(F)c4-c4ccn[nH]4)CC32)n1. The summed E-state index contributed by atoms with van der Waals surface area (Å²) in [5.74, 6) is 0.657. The molecule has 0 radical (unpaired) electrons. The third-order valence-corrected chi connectivity index (χ3v) is 6.08. The molecule has 2 unspecified atom stereocenters. The zero-order chi connectivity index (χ0) is 20.8. The van der Waals surface area contributed by atoms with E-state index < -0.39 is 5.82 Å². The molecule has 2 aliphatic rings. The minimum absolute atomic E-state index is 0.161. The molecule has 2 aliphatic heterocycles. The second-order valence-electron chi connectivity index (χ2n) is 8.10. The smallest absolute Gasteiger partial charge is 0.254 e. The highest BCUT2D eigenvalue weighted by Gasteiger charge is 2.45. The number of piperidine rings is 1. The average Bonchev–Trinajstić information content (AvgIpc) is 3.22. The van der Waals surface area contributed by atoms with Crippen LogP contribution >= 0.6 is 0 Å². The first kappa shape index (κ1) is 18.7. The monoisotopic (exact) mass is 406 g/mol. The number of halogens is 1. The first-order valence-electron chi connectivity index (χ1n) is 10.2. The number of nitrogens with one attached hydrogen (secondary N) is 1. The molecule has 154 valence electrons. The van der Waals surface area contributed by atoms with Gasteiger partial charge in [-0.15, -0.1) is 0 Å². The molecule has 30 heavy (non-hydrogen) atoms. The molecule has 2 atom stereocenters. The van der Waals surface area contributed by atoms with E-state index in [2.05, 4.69) is 25.1 Å². The van der Waals surface area contributed by atoms with Crippen molar-refractivity contribution in [2.45, 2.75) is 26.3 Å². The van der Waals surface area contributed by atoms with Crippen molar-refractivity contribution in [3.8, 4) is 11.3 Å². The van der Waals surface area contributed by atoms with Crippen molar-refractivity contribution in [3.05, 3.63) is 59.3 Å². The molecule has 2 aromatic heterocycles. The van der Waals surface area contributed by atoms with E-state index in [1.165, 1.54) is 6.07 Å². The maximum absolute atomic E-state index is 14.6. The van der Waals surface area contributed by atoms with Gasteiger partial charge in [0.1, 0.15) is 5.82 Å². The van der Waals surface area contributed by atoms with Crippen LogP contribution in [0.1, 0.15) is 28.2 Å². The van der Waals surface area contributed by atoms with Crippen LogP contribution in [0.2, 0.25) is 0 Å². The molecule has 4 heterocycles. The number of aryl methyl sites for hydroxylation is 2. The lowest BCUT2D eigenvalue weighted by Gasteiger charge is -2.53. The number of carbonyl (C=O) groups is 1. The molecule has 1 aromatic carbocycles. The highest BCUT2D eigenvalue weighted by molar-refractivity contribution is 6.00. The number of hydrogen-bond donors (Lipinski definition) is 1. The largest absolute Gasteiger partial charge is 0.337 e. The molecule has 3 aromatic rings. The van der Waals surface area contributed by atoms with Gasteiger partial charge >= 0.3 is 0 Å². The van der Waals surface area contributed by atoms with E-state index in [9.17, 15) is 9.18 Å².